The lowest BCUT2D eigenvalue weighted by Gasteiger charge is -2.33. The van der Waals surface area contributed by atoms with Crippen LogP contribution >= 0.6 is 23.2 Å². The van der Waals surface area contributed by atoms with Gasteiger partial charge in [0.1, 0.15) is 12.6 Å². The van der Waals surface area contributed by atoms with Crippen LogP contribution in [-0.4, -0.2) is 44.8 Å². The van der Waals surface area contributed by atoms with Crippen molar-refractivity contribution in [1.29, 1.82) is 0 Å². The first kappa shape index (κ1) is 31.1. The molecule has 7 nitrogen and oxygen atoms in total. The predicted octanol–water partition coefficient (Wildman–Crippen LogP) is 5.88. The average molecular weight is 625 g/mol. The molecule has 0 aliphatic carbocycles. The van der Waals surface area contributed by atoms with Crippen LogP contribution < -0.4 is 9.62 Å². The van der Waals surface area contributed by atoms with Crippen LogP contribution in [0.4, 0.5) is 5.69 Å². The zero-order valence-corrected chi connectivity index (χ0v) is 25.5. The lowest BCUT2D eigenvalue weighted by Crippen LogP contribution is -2.53. The standard InChI is InChI=1S/C32H31Cl2N3O4S/c1-23-13-15-25(16-14-23)21-36(30(32(39)35-2)19-24-9-5-3-6-10-24)31(38)22-37(26-17-18-28(33)29(34)20-26)42(40,41)27-11-7-4-8-12-27/h3-18,20,30H,19,21-22H2,1-2H3,(H,35,39). The van der Waals surface area contributed by atoms with E-state index in [1.54, 1.807) is 18.2 Å². The maximum Gasteiger partial charge on any atom is 0.264 e. The van der Waals surface area contributed by atoms with Crippen LogP contribution in [0.2, 0.25) is 10.0 Å². The number of anilines is 1. The molecule has 0 aliphatic rings. The minimum atomic E-state index is -4.22. The van der Waals surface area contributed by atoms with E-state index in [1.807, 2.05) is 61.5 Å². The number of hydrogen-bond acceptors (Lipinski definition) is 4. The fourth-order valence-corrected chi connectivity index (χ4v) is 6.22. The molecule has 0 radical (unpaired) electrons. The SMILES string of the molecule is CNC(=O)C(Cc1ccccc1)N(Cc1ccc(C)cc1)C(=O)CN(c1ccc(Cl)c(Cl)c1)S(=O)(=O)c1ccccc1. The Morgan fingerprint density at radius 2 is 1.43 bits per heavy atom. The van der Waals surface area contributed by atoms with Crippen LogP contribution in [0.5, 0.6) is 0 Å². The van der Waals surface area contributed by atoms with Crippen molar-refractivity contribution >= 4 is 50.7 Å². The second kappa shape index (κ2) is 13.9. The summed E-state index contributed by atoms with van der Waals surface area (Å²) in [6.07, 6.45) is 0.232. The Labute approximate surface area is 256 Å². The monoisotopic (exact) mass is 623 g/mol. The maximum atomic E-state index is 14.3. The summed E-state index contributed by atoms with van der Waals surface area (Å²) in [6, 6.07) is 28.3. The summed E-state index contributed by atoms with van der Waals surface area (Å²) in [4.78, 5) is 29.0. The summed E-state index contributed by atoms with van der Waals surface area (Å²) < 4.78 is 28.9. The molecule has 4 aromatic carbocycles. The number of nitrogens with zero attached hydrogens (tertiary/aromatic N) is 2. The van der Waals surface area contributed by atoms with Crippen LogP contribution in [0.3, 0.4) is 0 Å². The van der Waals surface area contributed by atoms with Crippen LogP contribution in [-0.2, 0) is 32.6 Å². The molecule has 0 saturated heterocycles. The van der Waals surface area contributed by atoms with Gasteiger partial charge in [0.05, 0.1) is 20.6 Å². The molecule has 1 N–H and O–H groups in total. The van der Waals surface area contributed by atoms with Gasteiger partial charge in [0.2, 0.25) is 11.8 Å². The lowest BCUT2D eigenvalue weighted by atomic mass is 10.0. The van der Waals surface area contributed by atoms with Crippen molar-refractivity contribution in [3.63, 3.8) is 0 Å². The van der Waals surface area contributed by atoms with Crippen molar-refractivity contribution in [3.8, 4) is 0 Å². The molecule has 10 heteroatoms. The first-order valence-corrected chi connectivity index (χ1v) is 15.4. The molecule has 4 rings (SSSR count). The first-order chi connectivity index (χ1) is 20.1. The normalized spacial score (nSPS) is 11.9. The fraction of sp³-hybridized carbons (Fsp3) is 0.188. The average Bonchev–Trinajstić information content (AvgIpc) is 3.00. The molecule has 0 fully saturated rings. The van der Waals surface area contributed by atoms with Gasteiger partial charge in [0.25, 0.3) is 10.0 Å². The second-order valence-electron chi connectivity index (χ2n) is 9.75. The fourth-order valence-electron chi connectivity index (χ4n) is 4.50. The number of benzene rings is 4. The van der Waals surface area contributed by atoms with Crippen molar-refractivity contribution in [2.24, 2.45) is 0 Å². The highest BCUT2D eigenvalue weighted by atomic mass is 35.5. The highest BCUT2D eigenvalue weighted by Gasteiger charge is 2.34. The van der Waals surface area contributed by atoms with Crippen molar-refractivity contribution in [1.82, 2.24) is 10.2 Å². The molecule has 42 heavy (non-hydrogen) atoms. The molecule has 0 heterocycles. The minimum absolute atomic E-state index is 0.00101. The van der Waals surface area contributed by atoms with Gasteiger partial charge in [-0.05, 0) is 48.4 Å². The van der Waals surface area contributed by atoms with Crippen molar-refractivity contribution in [2.75, 3.05) is 17.9 Å². The molecule has 218 valence electrons. The number of rotatable bonds is 11. The van der Waals surface area contributed by atoms with Gasteiger partial charge in [-0.15, -0.1) is 0 Å². The Kier molecular flexibility index (Phi) is 10.3. The largest absolute Gasteiger partial charge is 0.357 e. The maximum absolute atomic E-state index is 14.3. The van der Waals surface area contributed by atoms with Gasteiger partial charge in [-0.25, -0.2) is 8.42 Å². The van der Waals surface area contributed by atoms with E-state index >= 15 is 0 Å². The Morgan fingerprint density at radius 1 is 0.810 bits per heavy atom. The highest BCUT2D eigenvalue weighted by Crippen LogP contribution is 2.31. The van der Waals surface area contributed by atoms with E-state index in [9.17, 15) is 18.0 Å². The third-order valence-electron chi connectivity index (χ3n) is 6.79. The summed E-state index contributed by atoms with van der Waals surface area (Å²) in [5, 5.41) is 3.05. The summed E-state index contributed by atoms with van der Waals surface area (Å²) in [7, 11) is -2.71. The number of halogens is 2. The number of hydrogen-bond donors (Lipinski definition) is 1. The molecule has 2 amide bonds. The van der Waals surface area contributed by atoms with Crippen molar-refractivity contribution < 1.29 is 18.0 Å². The van der Waals surface area contributed by atoms with E-state index in [4.69, 9.17) is 23.2 Å². The van der Waals surface area contributed by atoms with Crippen LogP contribution in [0, 0.1) is 6.92 Å². The van der Waals surface area contributed by atoms with Gasteiger partial charge in [-0.3, -0.25) is 13.9 Å². The number of aryl methyl sites for hydroxylation is 1. The molecule has 0 spiro atoms. The molecule has 0 aromatic heterocycles. The predicted molar refractivity (Wildman–Crippen MR) is 167 cm³/mol. The summed E-state index contributed by atoms with van der Waals surface area (Å²) in [5.74, 6) is -0.933. The van der Waals surface area contributed by atoms with Crippen molar-refractivity contribution in [3.05, 3.63) is 130 Å². The highest BCUT2D eigenvalue weighted by molar-refractivity contribution is 7.92. The molecule has 1 unspecified atom stereocenters. The number of likely N-dealkylation sites (N-methyl/N-ethyl adjacent to an activating group) is 1. The molecular formula is C32H31Cl2N3O4S. The minimum Gasteiger partial charge on any atom is -0.357 e. The van der Waals surface area contributed by atoms with E-state index < -0.39 is 28.5 Å². The summed E-state index contributed by atoms with van der Waals surface area (Å²) in [5.41, 5.74) is 2.86. The molecule has 0 saturated carbocycles. The van der Waals surface area contributed by atoms with Crippen LogP contribution in [0.25, 0.3) is 0 Å². The quantitative estimate of drug-likeness (QED) is 0.226. The Hall–Kier alpha value is -3.85. The van der Waals surface area contributed by atoms with Gasteiger partial charge >= 0.3 is 0 Å². The first-order valence-electron chi connectivity index (χ1n) is 13.2. The van der Waals surface area contributed by atoms with Crippen molar-refractivity contribution in [2.45, 2.75) is 30.8 Å². The zero-order chi connectivity index (χ0) is 30.3. The van der Waals surface area contributed by atoms with Gasteiger partial charge < -0.3 is 10.2 Å². The van der Waals surface area contributed by atoms with E-state index in [2.05, 4.69) is 5.32 Å². The third kappa shape index (κ3) is 7.50. The Balaban J connectivity index is 1.79. The van der Waals surface area contributed by atoms with Crippen LogP contribution in [0.1, 0.15) is 16.7 Å². The van der Waals surface area contributed by atoms with Gasteiger partial charge in [-0.1, -0.05) is 102 Å². The number of sulfonamides is 1. The number of carbonyl (C=O) groups excluding carboxylic acids is 2. The van der Waals surface area contributed by atoms with Gasteiger partial charge in [-0.2, -0.15) is 0 Å². The number of carbonyl (C=O) groups is 2. The lowest BCUT2D eigenvalue weighted by molar-refractivity contribution is -0.139. The smallest absolute Gasteiger partial charge is 0.264 e. The number of nitrogens with one attached hydrogen (secondary N) is 1. The van der Waals surface area contributed by atoms with Gasteiger partial charge in [0, 0.05) is 20.0 Å². The van der Waals surface area contributed by atoms with Crippen LogP contribution in [0.15, 0.2) is 108 Å². The second-order valence-corrected chi connectivity index (χ2v) is 12.4. The summed E-state index contributed by atoms with van der Waals surface area (Å²) in [6.45, 7) is 1.47. The van der Waals surface area contributed by atoms with E-state index in [-0.39, 0.29) is 39.5 Å². The third-order valence-corrected chi connectivity index (χ3v) is 9.32. The topological polar surface area (TPSA) is 86.8 Å². The Bertz CT molecular complexity index is 1630. The van der Waals surface area contributed by atoms with E-state index in [1.165, 1.54) is 42.3 Å². The Morgan fingerprint density at radius 3 is 2.02 bits per heavy atom. The van der Waals surface area contributed by atoms with E-state index in [0.29, 0.717) is 0 Å². The molecule has 0 aliphatic heterocycles. The molecule has 4 aromatic rings. The van der Waals surface area contributed by atoms with Gasteiger partial charge in [0.15, 0.2) is 0 Å². The zero-order valence-electron chi connectivity index (χ0n) is 23.2. The van der Waals surface area contributed by atoms with E-state index in [0.717, 1.165) is 21.0 Å². The molecule has 1 atom stereocenters. The number of amides is 2. The summed E-state index contributed by atoms with van der Waals surface area (Å²) >= 11 is 12.4. The molecule has 0 bridgehead atoms. The molecular weight excluding hydrogens is 593 g/mol.